The van der Waals surface area contributed by atoms with Gasteiger partial charge in [0.1, 0.15) is 0 Å². The Morgan fingerprint density at radius 3 is 2.60 bits per heavy atom. The molecule has 0 radical (unpaired) electrons. The predicted molar refractivity (Wildman–Crippen MR) is 60.5 cm³/mol. The molecule has 0 aliphatic heterocycles. The van der Waals surface area contributed by atoms with Gasteiger partial charge in [-0.3, -0.25) is 9.59 Å². The van der Waals surface area contributed by atoms with E-state index in [9.17, 15) is 9.59 Å². The summed E-state index contributed by atoms with van der Waals surface area (Å²) in [5, 5.41) is 0. The maximum atomic E-state index is 11.4. The third-order valence-corrected chi connectivity index (χ3v) is 2.87. The number of hydrogen-bond acceptors (Lipinski definition) is 2. The molecule has 0 unspecified atom stereocenters. The Hall–Kier alpha value is -1.18. The summed E-state index contributed by atoms with van der Waals surface area (Å²) >= 11 is 0. The Balaban J connectivity index is 2.99. The molecule has 1 rings (SSSR count). The molecule has 0 heterocycles. The zero-order valence-corrected chi connectivity index (χ0v) is 9.83. The Morgan fingerprint density at radius 2 is 2.13 bits per heavy atom. The molecule has 0 aromatic carbocycles. The summed E-state index contributed by atoms with van der Waals surface area (Å²) in [5.74, 6) is 0.430. The number of hydrogen-bond donors (Lipinski definition) is 0. The van der Waals surface area contributed by atoms with Gasteiger partial charge in [-0.2, -0.15) is 0 Å². The number of ketones is 2. The van der Waals surface area contributed by atoms with Crippen LogP contribution in [0.2, 0.25) is 0 Å². The van der Waals surface area contributed by atoms with Crippen molar-refractivity contribution < 1.29 is 9.59 Å². The zero-order valence-electron chi connectivity index (χ0n) is 9.83. The average Bonchev–Trinajstić information content (AvgIpc) is 1.98. The fourth-order valence-corrected chi connectivity index (χ4v) is 2.21. The van der Waals surface area contributed by atoms with Crippen molar-refractivity contribution in [1.29, 1.82) is 0 Å². The van der Waals surface area contributed by atoms with E-state index in [4.69, 9.17) is 0 Å². The molecule has 0 N–H and O–H groups in total. The lowest BCUT2D eigenvalue weighted by Gasteiger charge is -2.35. The summed E-state index contributed by atoms with van der Waals surface area (Å²) in [7, 11) is 0. The van der Waals surface area contributed by atoms with Crippen molar-refractivity contribution in [3.8, 4) is 0 Å². The van der Waals surface area contributed by atoms with Crippen LogP contribution in [-0.2, 0) is 9.59 Å². The second kappa shape index (κ2) is 4.13. The van der Waals surface area contributed by atoms with Gasteiger partial charge in [-0.1, -0.05) is 25.5 Å². The maximum absolute atomic E-state index is 11.4. The molecule has 0 bridgehead atoms. The van der Waals surface area contributed by atoms with Crippen LogP contribution in [0, 0.1) is 11.3 Å². The minimum absolute atomic E-state index is 0.0514. The molecule has 1 atom stereocenters. The molecule has 2 nitrogen and oxygen atoms in total. The third kappa shape index (κ3) is 2.88. The van der Waals surface area contributed by atoms with Gasteiger partial charge in [0.25, 0.3) is 0 Å². The zero-order chi connectivity index (χ0) is 11.6. The molecule has 2 heteroatoms. The lowest BCUT2D eigenvalue weighted by molar-refractivity contribution is -0.117. The van der Waals surface area contributed by atoms with Crippen molar-refractivity contribution in [2.24, 2.45) is 11.3 Å². The van der Waals surface area contributed by atoms with Crippen LogP contribution in [0.1, 0.15) is 34.1 Å². The summed E-state index contributed by atoms with van der Waals surface area (Å²) in [4.78, 5) is 22.3. The SMILES string of the molecule is CC(=O)/C=C/[C@@H]1C(C)=CC(=O)CC1(C)C. The molecule has 0 amide bonds. The van der Waals surface area contributed by atoms with Crippen LogP contribution in [0.5, 0.6) is 0 Å². The Kier molecular flexibility index (Phi) is 3.28. The molecule has 0 fully saturated rings. The van der Waals surface area contributed by atoms with E-state index in [2.05, 4.69) is 13.8 Å². The van der Waals surface area contributed by atoms with Crippen molar-refractivity contribution >= 4 is 11.6 Å². The molecule has 0 saturated carbocycles. The first-order valence-corrected chi connectivity index (χ1v) is 5.23. The number of allylic oxidation sites excluding steroid dienone is 4. The van der Waals surface area contributed by atoms with E-state index in [0.29, 0.717) is 6.42 Å². The van der Waals surface area contributed by atoms with Crippen LogP contribution < -0.4 is 0 Å². The summed E-state index contributed by atoms with van der Waals surface area (Å²) in [6.45, 7) is 7.62. The molecule has 0 spiro atoms. The molecule has 1 aliphatic carbocycles. The predicted octanol–water partition coefficient (Wildman–Crippen LogP) is 2.69. The molecule has 1 aliphatic rings. The standard InChI is InChI=1S/C13H18O2/c1-9-7-11(15)8-13(3,4)12(9)6-5-10(2)14/h5-7,12H,8H2,1-4H3/b6-5+/t12-/m1/s1. The van der Waals surface area contributed by atoms with Crippen LogP contribution in [-0.4, -0.2) is 11.6 Å². The third-order valence-electron chi connectivity index (χ3n) is 2.87. The van der Waals surface area contributed by atoms with Gasteiger partial charge in [-0.25, -0.2) is 0 Å². The van der Waals surface area contributed by atoms with E-state index in [0.717, 1.165) is 5.57 Å². The fourth-order valence-electron chi connectivity index (χ4n) is 2.21. The molecule has 82 valence electrons. The summed E-state index contributed by atoms with van der Waals surface area (Å²) in [6, 6.07) is 0. The number of carbonyl (C=O) groups is 2. The van der Waals surface area contributed by atoms with E-state index in [-0.39, 0.29) is 22.9 Å². The van der Waals surface area contributed by atoms with Crippen LogP contribution >= 0.6 is 0 Å². The average molecular weight is 206 g/mol. The van der Waals surface area contributed by atoms with Gasteiger partial charge in [-0.05, 0) is 31.4 Å². The van der Waals surface area contributed by atoms with Crippen molar-refractivity contribution in [1.82, 2.24) is 0 Å². The first-order chi connectivity index (χ1) is 6.83. The highest BCUT2D eigenvalue weighted by Crippen LogP contribution is 2.40. The van der Waals surface area contributed by atoms with Gasteiger partial charge in [-0.15, -0.1) is 0 Å². The molecular weight excluding hydrogens is 188 g/mol. The van der Waals surface area contributed by atoms with Crippen molar-refractivity contribution in [3.05, 3.63) is 23.8 Å². The van der Waals surface area contributed by atoms with Gasteiger partial charge in [0.15, 0.2) is 11.6 Å². The van der Waals surface area contributed by atoms with Gasteiger partial charge < -0.3 is 0 Å². The molecule has 0 saturated heterocycles. The Bertz CT molecular complexity index is 346. The molecule has 0 aromatic heterocycles. The van der Waals surface area contributed by atoms with E-state index < -0.39 is 0 Å². The summed E-state index contributed by atoms with van der Waals surface area (Å²) in [5.41, 5.74) is 0.968. The number of rotatable bonds is 2. The van der Waals surface area contributed by atoms with Crippen molar-refractivity contribution in [2.45, 2.75) is 34.1 Å². The van der Waals surface area contributed by atoms with Crippen molar-refractivity contribution in [2.75, 3.05) is 0 Å². The Morgan fingerprint density at radius 1 is 1.53 bits per heavy atom. The first kappa shape index (κ1) is 11.9. The normalized spacial score (nSPS) is 25.5. The topological polar surface area (TPSA) is 34.1 Å². The van der Waals surface area contributed by atoms with Crippen LogP contribution in [0.3, 0.4) is 0 Å². The van der Waals surface area contributed by atoms with E-state index in [1.54, 1.807) is 12.2 Å². The highest BCUT2D eigenvalue weighted by molar-refractivity contribution is 5.92. The molecule has 15 heavy (non-hydrogen) atoms. The van der Waals surface area contributed by atoms with Gasteiger partial charge >= 0.3 is 0 Å². The van der Waals surface area contributed by atoms with E-state index >= 15 is 0 Å². The minimum atomic E-state index is -0.0815. The second-order valence-corrected chi connectivity index (χ2v) is 4.97. The summed E-state index contributed by atoms with van der Waals surface area (Å²) in [6.07, 6.45) is 5.76. The second-order valence-electron chi connectivity index (χ2n) is 4.97. The maximum Gasteiger partial charge on any atom is 0.156 e. The molecular formula is C13H18O2. The molecule has 0 aromatic rings. The highest BCUT2D eigenvalue weighted by atomic mass is 16.1. The lowest BCUT2D eigenvalue weighted by Crippen LogP contribution is -2.30. The van der Waals surface area contributed by atoms with Crippen LogP contribution in [0.4, 0.5) is 0 Å². The van der Waals surface area contributed by atoms with Gasteiger partial charge in [0.2, 0.25) is 0 Å². The highest BCUT2D eigenvalue weighted by Gasteiger charge is 2.34. The lowest BCUT2D eigenvalue weighted by atomic mass is 9.68. The fraction of sp³-hybridized carbons (Fsp3) is 0.538. The Labute approximate surface area is 91.1 Å². The van der Waals surface area contributed by atoms with Gasteiger partial charge in [0.05, 0.1) is 0 Å². The smallest absolute Gasteiger partial charge is 0.156 e. The van der Waals surface area contributed by atoms with Gasteiger partial charge in [0, 0.05) is 12.3 Å². The number of carbonyl (C=O) groups excluding carboxylic acids is 2. The monoisotopic (exact) mass is 206 g/mol. The first-order valence-electron chi connectivity index (χ1n) is 5.23. The van der Waals surface area contributed by atoms with Crippen LogP contribution in [0.15, 0.2) is 23.8 Å². The van der Waals surface area contributed by atoms with E-state index in [1.807, 2.05) is 13.0 Å². The largest absolute Gasteiger partial charge is 0.295 e. The summed E-state index contributed by atoms with van der Waals surface area (Å²) < 4.78 is 0. The van der Waals surface area contributed by atoms with Crippen LogP contribution in [0.25, 0.3) is 0 Å². The van der Waals surface area contributed by atoms with Crippen molar-refractivity contribution in [3.63, 3.8) is 0 Å². The minimum Gasteiger partial charge on any atom is -0.295 e. The van der Waals surface area contributed by atoms with E-state index in [1.165, 1.54) is 6.92 Å². The quantitative estimate of drug-likeness (QED) is 0.651.